The van der Waals surface area contributed by atoms with Gasteiger partial charge in [-0.1, -0.05) is 18.6 Å². The van der Waals surface area contributed by atoms with Gasteiger partial charge in [0.25, 0.3) is 0 Å². The normalized spacial score (nSPS) is 28.5. The van der Waals surface area contributed by atoms with Crippen LogP contribution in [0.1, 0.15) is 56.0 Å². The van der Waals surface area contributed by atoms with Crippen LogP contribution in [0.25, 0.3) is 0 Å². The lowest BCUT2D eigenvalue weighted by Crippen LogP contribution is -2.16. The van der Waals surface area contributed by atoms with Crippen molar-refractivity contribution >= 4 is 0 Å². The third kappa shape index (κ3) is 1.42. The van der Waals surface area contributed by atoms with Gasteiger partial charge < -0.3 is 0 Å². The molecule has 0 radical (unpaired) electrons. The highest BCUT2D eigenvalue weighted by molar-refractivity contribution is 5.22. The highest BCUT2D eigenvalue weighted by atomic mass is 15.5. The maximum absolute atomic E-state index is 8.81. The molecule has 1 heterocycles. The summed E-state index contributed by atoms with van der Waals surface area (Å²) in [7, 11) is 0. The summed E-state index contributed by atoms with van der Waals surface area (Å²) in [5.41, 5.74) is 2.19. The van der Waals surface area contributed by atoms with Crippen LogP contribution in [0.4, 0.5) is 0 Å². The van der Waals surface area contributed by atoms with Crippen molar-refractivity contribution in [1.29, 1.82) is 5.26 Å². The molecule has 16 heavy (non-hydrogen) atoms. The van der Waals surface area contributed by atoms with Gasteiger partial charge in [-0.25, -0.2) is 4.68 Å². The van der Waals surface area contributed by atoms with E-state index in [0.29, 0.717) is 18.4 Å². The molecule has 0 aliphatic heterocycles. The predicted octanol–water partition coefficient (Wildman–Crippen LogP) is 2.19. The lowest BCUT2D eigenvalue weighted by Gasteiger charge is -2.26. The number of hydrogen-bond acceptors (Lipinski definition) is 3. The Morgan fingerprint density at radius 1 is 1.50 bits per heavy atom. The minimum absolute atomic E-state index is 0.410. The van der Waals surface area contributed by atoms with Gasteiger partial charge in [-0.2, -0.15) is 5.26 Å². The predicted molar refractivity (Wildman–Crippen MR) is 58.7 cm³/mol. The smallest absolute Gasteiger partial charge is 0.100 e. The van der Waals surface area contributed by atoms with E-state index >= 15 is 0 Å². The van der Waals surface area contributed by atoms with E-state index in [0.717, 1.165) is 11.6 Å². The van der Waals surface area contributed by atoms with Crippen LogP contribution in [0, 0.1) is 17.2 Å². The first-order valence-corrected chi connectivity index (χ1v) is 6.12. The van der Waals surface area contributed by atoms with Gasteiger partial charge in [0, 0.05) is 5.92 Å². The molecule has 2 fully saturated rings. The molecular formula is C12H16N4. The van der Waals surface area contributed by atoms with Crippen molar-refractivity contribution in [3.8, 4) is 6.07 Å². The molecule has 0 aromatic carbocycles. The molecule has 0 amide bonds. The van der Waals surface area contributed by atoms with E-state index in [9.17, 15) is 0 Å². The Hall–Kier alpha value is -1.37. The Balaban J connectivity index is 1.94. The average Bonchev–Trinajstić information content (AvgIpc) is 2.77. The van der Waals surface area contributed by atoms with Crippen molar-refractivity contribution in [2.24, 2.45) is 5.92 Å². The van der Waals surface area contributed by atoms with Crippen LogP contribution in [0.15, 0.2) is 0 Å². The molecule has 0 N–H and O–H groups in total. The van der Waals surface area contributed by atoms with Crippen molar-refractivity contribution in [3.63, 3.8) is 0 Å². The second-order valence-corrected chi connectivity index (χ2v) is 5.11. The van der Waals surface area contributed by atoms with Gasteiger partial charge >= 0.3 is 0 Å². The van der Waals surface area contributed by atoms with Gasteiger partial charge in [-0.3, -0.25) is 0 Å². The molecule has 2 saturated carbocycles. The highest BCUT2D eigenvalue weighted by Crippen LogP contribution is 2.46. The maximum atomic E-state index is 8.81. The Morgan fingerprint density at radius 3 is 2.75 bits per heavy atom. The van der Waals surface area contributed by atoms with E-state index in [1.165, 1.54) is 31.4 Å². The van der Waals surface area contributed by atoms with Gasteiger partial charge in [-0.05, 0) is 25.2 Å². The minimum Gasteiger partial charge on any atom is -0.245 e. The summed E-state index contributed by atoms with van der Waals surface area (Å²) in [6.07, 6.45) is 5.42. The zero-order chi connectivity index (χ0) is 11.1. The van der Waals surface area contributed by atoms with E-state index in [1.807, 2.05) is 0 Å². The lowest BCUT2D eigenvalue weighted by molar-refractivity contribution is 0.383. The summed E-state index contributed by atoms with van der Waals surface area (Å²) < 4.78 is 2.11. The molecule has 2 unspecified atom stereocenters. The Kier molecular flexibility index (Phi) is 2.20. The number of hydrogen-bond donors (Lipinski definition) is 0. The third-order valence-corrected chi connectivity index (χ3v) is 3.92. The fourth-order valence-corrected chi connectivity index (χ4v) is 2.53. The van der Waals surface area contributed by atoms with E-state index in [-0.39, 0.29) is 0 Å². The summed E-state index contributed by atoms with van der Waals surface area (Å²) >= 11 is 0. The van der Waals surface area contributed by atoms with Crippen LogP contribution in [0.2, 0.25) is 0 Å². The average molecular weight is 216 g/mol. The molecule has 0 saturated heterocycles. The van der Waals surface area contributed by atoms with Gasteiger partial charge in [0.15, 0.2) is 0 Å². The fraction of sp³-hybridized carbons (Fsp3) is 0.750. The maximum Gasteiger partial charge on any atom is 0.100 e. The largest absolute Gasteiger partial charge is 0.245 e. The van der Waals surface area contributed by atoms with Crippen molar-refractivity contribution in [2.75, 3.05) is 0 Å². The topological polar surface area (TPSA) is 54.5 Å². The standard InChI is InChI=1S/C12H16N4/c1-8-7-11(8)16-12(9-3-2-4-9)10(5-6-13)14-15-16/h8-9,11H,2-5,7H2,1H3. The van der Waals surface area contributed by atoms with Crippen molar-refractivity contribution in [3.05, 3.63) is 11.4 Å². The molecule has 2 aliphatic rings. The molecule has 3 rings (SSSR count). The van der Waals surface area contributed by atoms with Gasteiger partial charge in [0.05, 0.1) is 24.2 Å². The Labute approximate surface area is 95.3 Å². The van der Waals surface area contributed by atoms with Crippen LogP contribution < -0.4 is 0 Å². The van der Waals surface area contributed by atoms with Crippen LogP contribution in [-0.2, 0) is 6.42 Å². The molecule has 84 valence electrons. The number of nitriles is 1. The second kappa shape index (κ2) is 3.58. The summed E-state index contributed by atoms with van der Waals surface area (Å²) in [4.78, 5) is 0. The Bertz CT molecular complexity index is 438. The first-order valence-electron chi connectivity index (χ1n) is 6.12. The SMILES string of the molecule is CC1CC1n1nnc(CC#N)c1C1CCC1. The number of nitrogens with zero attached hydrogens (tertiary/aromatic N) is 4. The number of aromatic nitrogens is 3. The monoisotopic (exact) mass is 216 g/mol. The van der Waals surface area contributed by atoms with E-state index in [2.05, 4.69) is 28.0 Å². The summed E-state index contributed by atoms with van der Waals surface area (Å²) in [5.74, 6) is 1.35. The van der Waals surface area contributed by atoms with Gasteiger partial charge in [0.2, 0.25) is 0 Å². The molecule has 1 aromatic heterocycles. The molecule has 0 bridgehead atoms. The molecule has 0 spiro atoms. The van der Waals surface area contributed by atoms with Crippen LogP contribution >= 0.6 is 0 Å². The van der Waals surface area contributed by atoms with E-state index < -0.39 is 0 Å². The first-order chi connectivity index (χ1) is 7.81. The summed E-state index contributed by atoms with van der Waals surface area (Å²) in [5, 5.41) is 17.3. The quantitative estimate of drug-likeness (QED) is 0.778. The molecule has 2 aliphatic carbocycles. The zero-order valence-electron chi connectivity index (χ0n) is 9.56. The minimum atomic E-state index is 0.410. The van der Waals surface area contributed by atoms with Crippen LogP contribution in [0.5, 0.6) is 0 Å². The van der Waals surface area contributed by atoms with E-state index in [4.69, 9.17) is 5.26 Å². The third-order valence-electron chi connectivity index (χ3n) is 3.92. The highest BCUT2D eigenvalue weighted by Gasteiger charge is 2.39. The van der Waals surface area contributed by atoms with E-state index in [1.54, 1.807) is 0 Å². The van der Waals surface area contributed by atoms with Gasteiger partial charge in [-0.15, -0.1) is 5.10 Å². The molecule has 4 heteroatoms. The second-order valence-electron chi connectivity index (χ2n) is 5.11. The summed E-state index contributed by atoms with van der Waals surface area (Å²) in [6, 6.07) is 2.75. The van der Waals surface area contributed by atoms with Crippen LogP contribution in [-0.4, -0.2) is 15.0 Å². The van der Waals surface area contributed by atoms with Crippen molar-refractivity contribution < 1.29 is 0 Å². The lowest BCUT2D eigenvalue weighted by atomic mass is 9.81. The molecule has 1 aromatic rings. The van der Waals surface area contributed by atoms with Crippen molar-refractivity contribution in [2.45, 2.75) is 51.0 Å². The number of rotatable bonds is 3. The molecule has 2 atom stereocenters. The fourth-order valence-electron chi connectivity index (χ4n) is 2.53. The molecule has 4 nitrogen and oxygen atoms in total. The Morgan fingerprint density at radius 2 is 2.25 bits per heavy atom. The van der Waals surface area contributed by atoms with Gasteiger partial charge in [0.1, 0.15) is 5.69 Å². The van der Waals surface area contributed by atoms with Crippen LogP contribution in [0.3, 0.4) is 0 Å². The first kappa shape index (κ1) is 9.83. The zero-order valence-corrected chi connectivity index (χ0v) is 9.56. The molecular weight excluding hydrogens is 200 g/mol. The summed E-state index contributed by atoms with van der Waals surface area (Å²) in [6.45, 7) is 2.25. The van der Waals surface area contributed by atoms with Crippen molar-refractivity contribution in [1.82, 2.24) is 15.0 Å².